The highest BCUT2D eigenvalue weighted by Crippen LogP contribution is 2.69. The topological polar surface area (TPSA) is 109 Å². The predicted molar refractivity (Wildman–Crippen MR) is 195 cm³/mol. The molecule has 2 saturated carbocycles. The maximum atomic E-state index is 14.1. The zero-order valence-electron chi connectivity index (χ0n) is 26.9. The third-order valence-corrected chi connectivity index (χ3v) is 13.9. The number of thiazole rings is 1. The first-order chi connectivity index (χ1) is 25.0. The highest BCUT2D eigenvalue weighted by Gasteiger charge is 2.70. The van der Waals surface area contributed by atoms with Crippen LogP contribution in [0.25, 0.3) is 10.8 Å². The summed E-state index contributed by atoms with van der Waals surface area (Å²) in [5, 5.41) is 5.46. The van der Waals surface area contributed by atoms with Crippen molar-refractivity contribution in [1.82, 2.24) is 4.98 Å². The number of hydrogen-bond acceptors (Lipinski definition) is 7. The highest BCUT2D eigenvalue weighted by atomic mass is 79.9. The molecule has 0 radical (unpaired) electrons. The first kappa shape index (κ1) is 33.4. The molecule has 14 heteroatoms. The van der Waals surface area contributed by atoms with Crippen LogP contribution < -0.4 is 19.8 Å². The van der Waals surface area contributed by atoms with E-state index >= 15 is 0 Å². The number of H-pyrrole nitrogens is 1. The minimum Gasteiger partial charge on any atom is -0.483 e. The summed E-state index contributed by atoms with van der Waals surface area (Å²) in [7, 11) is 0. The number of alkyl halides is 3. The standard InChI is InChI=1S/C38H27BrF3N3O5S2/c39-20-9-11-26(50-16-27(46)43-21-10-8-17-4-1-2-5-18(17)12-21)23(14-20)28-29-24-15-25(32(29)51-34-33(28)52-37(49)44-34)31-30(24)35(47)45(36(31)48)22-7-3-6-19(13-22)38(40,41)42/h1-14,24-25,28-32H,15-16H2,(H,43,46)(H,44,49)/t24-,25-,28+,29-,30+,31+,32-/m1/s1. The van der Waals surface area contributed by atoms with E-state index in [0.29, 0.717) is 22.9 Å². The van der Waals surface area contributed by atoms with Crippen LogP contribution in [0.5, 0.6) is 5.75 Å². The molecule has 2 N–H and O–H groups in total. The number of thioether (sulfide) groups is 1. The number of halogens is 4. The molecule has 2 bridgehead atoms. The summed E-state index contributed by atoms with van der Waals surface area (Å²) in [5.74, 6) is -3.40. The second-order valence-corrected chi connectivity index (χ2v) is 16.7. The Bertz CT molecular complexity index is 2380. The summed E-state index contributed by atoms with van der Waals surface area (Å²) < 4.78 is 47.8. The van der Waals surface area contributed by atoms with E-state index in [2.05, 4.69) is 26.2 Å². The molecule has 8 nitrogen and oxygen atoms in total. The Morgan fingerprint density at radius 1 is 0.923 bits per heavy atom. The zero-order chi connectivity index (χ0) is 36.1. The number of ether oxygens (including phenoxy) is 1. The molecule has 264 valence electrons. The number of carbonyl (C=O) groups is 3. The van der Waals surface area contributed by atoms with Crippen LogP contribution in [0.4, 0.5) is 24.5 Å². The fraction of sp³-hybridized carbons (Fsp3) is 0.263. The minimum absolute atomic E-state index is 0.0844. The molecule has 3 fully saturated rings. The van der Waals surface area contributed by atoms with Gasteiger partial charge in [-0.25, -0.2) is 0 Å². The van der Waals surface area contributed by atoms with Crippen LogP contribution in [0.15, 0.2) is 99.2 Å². The van der Waals surface area contributed by atoms with Crippen LogP contribution in [-0.2, 0) is 20.6 Å². The molecule has 4 aliphatic rings. The number of benzene rings is 4. The van der Waals surface area contributed by atoms with Crippen molar-refractivity contribution in [3.8, 4) is 5.75 Å². The lowest BCUT2D eigenvalue weighted by atomic mass is 9.68. The van der Waals surface area contributed by atoms with Crippen LogP contribution in [0.2, 0.25) is 0 Å². The molecule has 4 aromatic carbocycles. The fourth-order valence-corrected chi connectivity index (χ4v) is 12.2. The number of rotatable bonds is 6. The SMILES string of the molecule is O=C(COc1ccc(Br)cc1[C@@H]1c2sc(=O)[nH]c2S[C@@H]2[C@@H]3C[C@@H]([C@@H]4C(=O)N(c5cccc(C(F)(F)F)c5)C(=O)[C@@H]34)[C@H]12)Nc1ccc2ccccc2c1. The lowest BCUT2D eigenvalue weighted by molar-refractivity contribution is -0.137. The second-order valence-electron chi connectivity index (χ2n) is 13.6. The lowest BCUT2D eigenvalue weighted by Gasteiger charge is -2.43. The van der Waals surface area contributed by atoms with Gasteiger partial charge in [0.2, 0.25) is 11.8 Å². The van der Waals surface area contributed by atoms with Crippen molar-refractivity contribution >= 4 is 78.9 Å². The van der Waals surface area contributed by atoms with E-state index in [4.69, 9.17) is 4.74 Å². The number of carbonyl (C=O) groups excluding carboxylic acids is 3. The Morgan fingerprint density at radius 2 is 1.69 bits per heavy atom. The van der Waals surface area contributed by atoms with Gasteiger partial charge in [-0.1, -0.05) is 63.7 Å². The van der Waals surface area contributed by atoms with E-state index < -0.39 is 41.3 Å². The summed E-state index contributed by atoms with van der Waals surface area (Å²) in [6.45, 7) is -0.289. The first-order valence-electron chi connectivity index (χ1n) is 16.6. The maximum Gasteiger partial charge on any atom is 0.416 e. The molecule has 2 aliphatic heterocycles. The number of aromatic amines is 1. The number of fused-ring (bicyclic) bond motifs is 10. The number of amides is 3. The van der Waals surface area contributed by atoms with E-state index in [-0.39, 0.29) is 46.1 Å². The average molecular weight is 807 g/mol. The fourth-order valence-electron chi connectivity index (χ4n) is 8.94. The number of hydrogen-bond donors (Lipinski definition) is 2. The van der Waals surface area contributed by atoms with Crippen molar-refractivity contribution in [2.75, 3.05) is 16.8 Å². The number of aromatic nitrogens is 1. The summed E-state index contributed by atoms with van der Waals surface area (Å²) in [5.41, 5.74) is 0.342. The van der Waals surface area contributed by atoms with Gasteiger partial charge in [0.1, 0.15) is 5.75 Å². The van der Waals surface area contributed by atoms with E-state index in [0.717, 1.165) is 54.1 Å². The lowest BCUT2D eigenvalue weighted by Crippen LogP contribution is -2.42. The predicted octanol–water partition coefficient (Wildman–Crippen LogP) is 8.07. The van der Waals surface area contributed by atoms with Crippen LogP contribution in [0.1, 0.15) is 28.3 Å². The van der Waals surface area contributed by atoms with Crippen LogP contribution in [0, 0.1) is 29.6 Å². The van der Waals surface area contributed by atoms with Crippen molar-refractivity contribution in [1.29, 1.82) is 0 Å². The molecule has 3 heterocycles. The largest absolute Gasteiger partial charge is 0.483 e. The Hall–Kier alpha value is -4.40. The third kappa shape index (κ3) is 5.40. The van der Waals surface area contributed by atoms with Crippen molar-refractivity contribution < 1.29 is 32.3 Å². The molecular weight excluding hydrogens is 779 g/mol. The van der Waals surface area contributed by atoms with Gasteiger partial charge in [-0.3, -0.25) is 24.1 Å². The normalized spacial score (nSPS) is 26.0. The summed E-state index contributed by atoms with van der Waals surface area (Å²) in [6, 6.07) is 23.3. The van der Waals surface area contributed by atoms with E-state index in [1.807, 2.05) is 48.5 Å². The first-order valence-corrected chi connectivity index (χ1v) is 19.1. The van der Waals surface area contributed by atoms with E-state index in [9.17, 15) is 32.3 Å². The molecule has 2 aliphatic carbocycles. The molecule has 0 spiro atoms. The molecule has 1 saturated heterocycles. The van der Waals surface area contributed by atoms with Gasteiger partial charge in [-0.2, -0.15) is 13.2 Å². The molecule has 0 unspecified atom stereocenters. The van der Waals surface area contributed by atoms with Crippen molar-refractivity contribution in [3.05, 3.63) is 115 Å². The monoisotopic (exact) mass is 805 g/mol. The quantitative estimate of drug-likeness (QED) is 0.168. The third-order valence-electron chi connectivity index (χ3n) is 10.9. The Morgan fingerprint density at radius 3 is 2.48 bits per heavy atom. The average Bonchev–Trinajstić information content (AvgIpc) is 3.86. The van der Waals surface area contributed by atoms with Gasteiger partial charge in [0, 0.05) is 31.8 Å². The van der Waals surface area contributed by atoms with Crippen LogP contribution in [-0.4, -0.2) is 34.6 Å². The van der Waals surface area contributed by atoms with Gasteiger partial charge >= 0.3 is 11.0 Å². The van der Waals surface area contributed by atoms with Crippen LogP contribution >= 0.6 is 39.0 Å². The minimum atomic E-state index is -4.63. The smallest absolute Gasteiger partial charge is 0.416 e. The maximum absolute atomic E-state index is 14.1. The summed E-state index contributed by atoms with van der Waals surface area (Å²) >= 11 is 6.18. The van der Waals surface area contributed by atoms with Gasteiger partial charge in [0.25, 0.3) is 5.91 Å². The Kier molecular flexibility index (Phi) is 7.94. The van der Waals surface area contributed by atoms with Crippen LogP contribution in [0.3, 0.4) is 0 Å². The molecule has 5 aromatic rings. The molecule has 1 aromatic heterocycles. The van der Waals surface area contributed by atoms with Crippen molar-refractivity contribution in [2.45, 2.75) is 28.8 Å². The van der Waals surface area contributed by atoms with Crippen molar-refractivity contribution in [3.63, 3.8) is 0 Å². The Balaban J connectivity index is 1.04. The van der Waals surface area contributed by atoms with Gasteiger partial charge in [0.15, 0.2) is 6.61 Å². The molecule has 9 rings (SSSR count). The number of nitrogens with zero attached hydrogens (tertiary/aromatic N) is 1. The molecule has 3 amide bonds. The highest BCUT2D eigenvalue weighted by molar-refractivity contribution is 9.10. The van der Waals surface area contributed by atoms with Gasteiger partial charge in [-0.05, 0) is 83.5 Å². The molecule has 7 atom stereocenters. The summed E-state index contributed by atoms with van der Waals surface area (Å²) in [4.78, 5) is 58.5. The van der Waals surface area contributed by atoms with Gasteiger partial charge in [0.05, 0.1) is 28.1 Å². The summed E-state index contributed by atoms with van der Waals surface area (Å²) in [6.07, 6.45) is -4.04. The number of imide groups is 1. The number of nitrogens with one attached hydrogen (secondary N) is 2. The van der Waals surface area contributed by atoms with Gasteiger partial charge in [-0.15, -0.1) is 11.8 Å². The zero-order valence-corrected chi connectivity index (χ0v) is 30.1. The molecular formula is C38H27BrF3N3O5S2. The van der Waals surface area contributed by atoms with E-state index in [1.165, 1.54) is 23.9 Å². The van der Waals surface area contributed by atoms with E-state index in [1.54, 1.807) is 12.1 Å². The van der Waals surface area contributed by atoms with Gasteiger partial charge < -0.3 is 15.0 Å². The molecule has 52 heavy (non-hydrogen) atoms. The van der Waals surface area contributed by atoms with Crippen molar-refractivity contribution in [2.24, 2.45) is 29.6 Å². The Labute approximate surface area is 310 Å². The number of anilines is 2. The second kappa shape index (κ2) is 12.3.